The van der Waals surface area contributed by atoms with Crippen molar-refractivity contribution in [3.8, 4) is 0 Å². The SMILES string of the molecule is CS(=O)(=O)N(CC(=O)N1CCC(C(N)=O)CC1)c1ccc(F)cc1. The summed E-state index contributed by atoms with van der Waals surface area (Å²) < 4.78 is 37.9. The van der Waals surface area contributed by atoms with E-state index in [0.717, 1.165) is 22.7 Å². The molecule has 0 saturated carbocycles. The Hall–Kier alpha value is -2.16. The normalized spacial score (nSPS) is 16.0. The number of hydrogen-bond acceptors (Lipinski definition) is 4. The Bertz CT molecular complexity index is 713. The maximum Gasteiger partial charge on any atom is 0.243 e. The summed E-state index contributed by atoms with van der Waals surface area (Å²) in [6, 6.07) is 4.89. The molecule has 0 unspecified atom stereocenters. The number of hydrogen-bond donors (Lipinski definition) is 1. The highest BCUT2D eigenvalue weighted by Crippen LogP contribution is 2.20. The minimum atomic E-state index is -3.70. The van der Waals surface area contributed by atoms with E-state index in [1.165, 1.54) is 17.0 Å². The Morgan fingerprint density at radius 2 is 1.79 bits per heavy atom. The van der Waals surface area contributed by atoms with E-state index >= 15 is 0 Å². The fourth-order valence-electron chi connectivity index (χ4n) is 2.64. The van der Waals surface area contributed by atoms with Crippen molar-refractivity contribution in [1.82, 2.24) is 4.90 Å². The van der Waals surface area contributed by atoms with Crippen LogP contribution in [0.3, 0.4) is 0 Å². The van der Waals surface area contributed by atoms with Gasteiger partial charge in [-0.15, -0.1) is 0 Å². The number of nitrogens with two attached hydrogens (primary N) is 1. The fraction of sp³-hybridized carbons (Fsp3) is 0.467. The van der Waals surface area contributed by atoms with E-state index in [4.69, 9.17) is 5.73 Å². The van der Waals surface area contributed by atoms with Crippen molar-refractivity contribution in [1.29, 1.82) is 0 Å². The van der Waals surface area contributed by atoms with Crippen molar-refractivity contribution in [2.45, 2.75) is 12.8 Å². The van der Waals surface area contributed by atoms with Crippen LogP contribution in [0.25, 0.3) is 0 Å². The number of amides is 2. The highest BCUT2D eigenvalue weighted by Gasteiger charge is 2.28. The Balaban J connectivity index is 2.09. The molecule has 0 atom stereocenters. The zero-order valence-corrected chi connectivity index (χ0v) is 14.1. The lowest BCUT2D eigenvalue weighted by Gasteiger charge is -2.32. The quantitative estimate of drug-likeness (QED) is 0.820. The van der Waals surface area contributed by atoms with Crippen LogP contribution in [0.4, 0.5) is 10.1 Å². The number of piperidine rings is 1. The predicted octanol–water partition coefficient (Wildman–Crippen LogP) is 0.316. The molecular weight excluding hydrogens is 337 g/mol. The number of halogens is 1. The second-order valence-electron chi connectivity index (χ2n) is 5.80. The van der Waals surface area contributed by atoms with Gasteiger partial charge in [-0.05, 0) is 37.1 Å². The van der Waals surface area contributed by atoms with Crippen molar-refractivity contribution in [2.75, 3.05) is 30.2 Å². The van der Waals surface area contributed by atoms with Gasteiger partial charge in [0.2, 0.25) is 21.8 Å². The molecule has 0 aliphatic carbocycles. The lowest BCUT2D eigenvalue weighted by molar-refractivity contribution is -0.133. The van der Waals surface area contributed by atoms with Gasteiger partial charge in [-0.2, -0.15) is 0 Å². The number of primary amides is 1. The maximum absolute atomic E-state index is 13.0. The molecule has 0 spiro atoms. The van der Waals surface area contributed by atoms with Crippen LogP contribution >= 0.6 is 0 Å². The summed E-state index contributed by atoms with van der Waals surface area (Å²) in [4.78, 5) is 25.1. The molecule has 7 nitrogen and oxygen atoms in total. The minimum absolute atomic E-state index is 0.222. The lowest BCUT2D eigenvalue weighted by atomic mass is 9.96. The summed E-state index contributed by atoms with van der Waals surface area (Å²) in [5.41, 5.74) is 5.48. The molecule has 132 valence electrons. The number of anilines is 1. The summed E-state index contributed by atoms with van der Waals surface area (Å²) in [5, 5.41) is 0. The zero-order valence-electron chi connectivity index (χ0n) is 13.3. The van der Waals surface area contributed by atoms with Crippen LogP contribution in [-0.4, -0.2) is 51.0 Å². The zero-order chi connectivity index (χ0) is 17.9. The minimum Gasteiger partial charge on any atom is -0.369 e. The van der Waals surface area contributed by atoms with Gasteiger partial charge >= 0.3 is 0 Å². The summed E-state index contributed by atoms with van der Waals surface area (Å²) in [5.74, 6) is -1.50. The number of benzene rings is 1. The molecular formula is C15H20FN3O4S. The summed E-state index contributed by atoms with van der Waals surface area (Å²) in [6.45, 7) is 0.340. The fourth-order valence-corrected chi connectivity index (χ4v) is 3.49. The van der Waals surface area contributed by atoms with Crippen LogP contribution in [0.5, 0.6) is 0 Å². The molecule has 1 aliphatic rings. The molecule has 2 amide bonds. The Morgan fingerprint density at radius 3 is 2.25 bits per heavy atom. The molecule has 1 aromatic carbocycles. The molecule has 1 saturated heterocycles. The van der Waals surface area contributed by atoms with Crippen LogP contribution < -0.4 is 10.0 Å². The van der Waals surface area contributed by atoms with Gasteiger partial charge in [0.25, 0.3) is 0 Å². The Labute approximate surface area is 140 Å². The van der Waals surface area contributed by atoms with Crippen molar-refractivity contribution in [3.63, 3.8) is 0 Å². The number of likely N-dealkylation sites (tertiary alicyclic amines) is 1. The van der Waals surface area contributed by atoms with E-state index in [1.54, 1.807) is 0 Å². The summed E-state index contributed by atoms with van der Waals surface area (Å²) in [6.07, 6.45) is 1.93. The van der Waals surface area contributed by atoms with Crippen molar-refractivity contribution >= 4 is 27.5 Å². The van der Waals surface area contributed by atoms with Crippen molar-refractivity contribution < 1.29 is 22.4 Å². The number of carbonyl (C=O) groups is 2. The van der Waals surface area contributed by atoms with E-state index in [-0.39, 0.29) is 30.0 Å². The van der Waals surface area contributed by atoms with Gasteiger partial charge in [0, 0.05) is 19.0 Å². The van der Waals surface area contributed by atoms with Crippen LogP contribution in [0.15, 0.2) is 24.3 Å². The molecule has 1 heterocycles. The average Bonchev–Trinajstić information content (AvgIpc) is 2.52. The number of sulfonamides is 1. The third-order valence-electron chi connectivity index (χ3n) is 4.04. The monoisotopic (exact) mass is 357 g/mol. The van der Waals surface area contributed by atoms with Gasteiger partial charge in [0.05, 0.1) is 11.9 Å². The summed E-state index contributed by atoms with van der Waals surface area (Å²) >= 11 is 0. The number of nitrogens with zero attached hydrogens (tertiary/aromatic N) is 2. The van der Waals surface area contributed by atoms with E-state index in [0.29, 0.717) is 25.9 Å². The van der Waals surface area contributed by atoms with Crippen LogP contribution in [0.1, 0.15) is 12.8 Å². The first-order chi connectivity index (χ1) is 11.2. The second kappa shape index (κ2) is 7.16. The third-order valence-corrected chi connectivity index (χ3v) is 5.18. The second-order valence-corrected chi connectivity index (χ2v) is 7.71. The average molecular weight is 357 g/mol. The number of rotatable bonds is 5. The molecule has 0 aromatic heterocycles. The van der Waals surface area contributed by atoms with E-state index in [9.17, 15) is 22.4 Å². The van der Waals surface area contributed by atoms with E-state index in [1.807, 2.05) is 0 Å². The molecule has 2 rings (SSSR count). The molecule has 1 aliphatic heterocycles. The van der Waals surface area contributed by atoms with Gasteiger partial charge in [0.1, 0.15) is 12.4 Å². The number of carbonyl (C=O) groups excluding carboxylic acids is 2. The first kappa shape index (κ1) is 18.2. The topological polar surface area (TPSA) is 101 Å². The van der Waals surface area contributed by atoms with Crippen LogP contribution in [-0.2, 0) is 19.6 Å². The van der Waals surface area contributed by atoms with Gasteiger partial charge < -0.3 is 10.6 Å². The Kier molecular flexibility index (Phi) is 5.43. The Morgan fingerprint density at radius 1 is 1.25 bits per heavy atom. The molecule has 0 radical (unpaired) electrons. The van der Waals surface area contributed by atoms with Crippen LogP contribution in [0.2, 0.25) is 0 Å². The molecule has 9 heteroatoms. The van der Waals surface area contributed by atoms with Gasteiger partial charge in [0.15, 0.2) is 0 Å². The van der Waals surface area contributed by atoms with Gasteiger partial charge in [-0.3, -0.25) is 13.9 Å². The van der Waals surface area contributed by atoms with E-state index in [2.05, 4.69) is 0 Å². The largest absolute Gasteiger partial charge is 0.369 e. The highest BCUT2D eigenvalue weighted by atomic mass is 32.2. The summed E-state index contributed by atoms with van der Waals surface area (Å²) in [7, 11) is -3.70. The lowest BCUT2D eigenvalue weighted by Crippen LogP contribution is -2.47. The molecule has 1 fully saturated rings. The first-order valence-electron chi connectivity index (χ1n) is 7.49. The van der Waals surface area contributed by atoms with Gasteiger partial charge in [-0.25, -0.2) is 12.8 Å². The maximum atomic E-state index is 13.0. The smallest absolute Gasteiger partial charge is 0.243 e. The third kappa shape index (κ3) is 4.44. The molecule has 2 N–H and O–H groups in total. The standard InChI is InChI=1S/C15H20FN3O4S/c1-24(22,23)19(13-4-2-12(16)3-5-13)10-14(20)18-8-6-11(7-9-18)15(17)21/h2-5,11H,6-10H2,1H3,(H2,17,21). The van der Waals surface area contributed by atoms with Gasteiger partial charge in [-0.1, -0.05) is 0 Å². The van der Waals surface area contributed by atoms with Crippen molar-refractivity contribution in [3.05, 3.63) is 30.1 Å². The highest BCUT2D eigenvalue weighted by molar-refractivity contribution is 7.92. The predicted molar refractivity (Wildman–Crippen MR) is 87.1 cm³/mol. The first-order valence-corrected chi connectivity index (χ1v) is 9.33. The molecule has 1 aromatic rings. The molecule has 0 bridgehead atoms. The van der Waals surface area contributed by atoms with Crippen molar-refractivity contribution in [2.24, 2.45) is 11.7 Å². The molecule has 24 heavy (non-hydrogen) atoms. The van der Waals surface area contributed by atoms with E-state index < -0.39 is 15.8 Å². The van der Waals surface area contributed by atoms with Crippen LogP contribution in [0, 0.1) is 11.7 Å².